The molecule has 0 heterocycles. The fourth-order valence-electron chi connectivity index (χ4n) is 0.949. The molecule has 0 fully saturated rings. The first-order valence-electron chi connectivity index (χ1n) is 5.42. The second kappa shape index (κ2) is 8.19. The molecule has 0 aliphatic rings. The van der Waals surface area contributed by atoms with Crippen LogP contribution in [0.15, 0.2) is 30.3 Å². The first kappa shape index (κ1) is 17.9. The van der Waals surface area contributed by atoms with E-state index in [9.17, 15) is 0 Å². The van der Waals surface area contributed by atoms with Crippen molar-refractivity contribution in [3.05, 3.63) is 30.3 Å². The SMILES string of the molecule is N#[C][Fe]([C]#N)([C]#N)([C]#N)[C]#N.NCCNc1ccccc1. The van der Waals surface area contributed by atoms with Crippen LogP contribution >= 0.6 is 0 Å². The fraction of sp³-hybridized carbons (Fsp3) is 0.154. The Morgan fingerprint density at radius 3 is 1.57 bits per heavy atom. The Morgan fingerprint density at radius 2 is 1.29 bits per heavy atom. The molecular formula is C13H12FeN7. The number of nitriles is 5. The molecule has 0 bridgehead atoms. The van der Waals surface area contributed by atoms with Crippen molar-refractivity contribution in [1.82, 2.24) is 0 Å². The van der Waals surface area contributed by atoms with Gasteiger partial charge in [-0.15, -0.1) is 0 Å². The summed E-state index contributed by atoms with van der Waals surface area (Å²) in [6.45, 7) is 1.51. The molecule has 0 atom stereocenters. The Morgan fingerprint density at radius 1 is 0.857 bits per heavy atom. The number of nitrogens with zero attached hydrogens (tertiary/aromatic N) is 5. The number of para-hydroxylation sites is 1. The molecule has 8 heteroatoms. The molecule has 0 amide bonds. The number of rotatable bonds is 3. The molecular weight excluding hydrogens is 310 g/mol. The van der Waals surface area contributed by atoms with E-state index in [1.54, 1.807) is 0 Å². The summed E-state index contributed by atoms with van der Waals surface area (Å²) in [5.74, 6) is 0. The van der Waals surface area contributed by atoms with E-state index in [1.165, 1.54) is 24.8 Å². The number of hydrogen-bond acceptors (Lipinski definition) is 7. The van der Waals surface area contributed by atoms with E-state index in [4.69, 9.17) is 32.0 Å². The Bertz CT molecular complexity index is 580. The van der Waals surface area contributed by atoms with Gasteiger partial charge in [0.2, 0.25) is 0 Å². The minimum Gasteiger partial charge on any atom is -0.384 e. The molecule has 7 nitrogen and oxygen atoms in total. The Hall–Kier alpha value is -3.05. The smallest absolute Gasteiger partial charge is 0.0340 e. The zero-order valence-corrected chi connectivity index (χ0v) is 12.1. The molecule has 0 aliphatic carbocycles. The quantitative estimate of drug-likeness (QED) is 0.789. The van der Waals surface area contributed by atoms with Gasteiger partial charge in [-0.1, -0.05) is 18.2 Å². The average Bonchev–Trinajstić information content (AvgIpc) is 2.58. The first-order valence-corrected chi connectivity index (χ1v) is 8.18. The van der Waals surface area contributed by atoms with Gasteiger partial charge in [0.05, 0.1) is 0 Å². The maximum Gasteiger partial charge on any atom is 0.0340 e. The fourth-order valence-corrected chi connectivity index (χ4v) is 1.50. The van der Waals surface area contributed by atoms with Gasteiger partial charge in [-0.25, -0.2) is 0 Å². The third kappa shape index (κ3) is 4.52. The minimum atomic E-state index is -4.78. The standard InChI is InChI=1S/C8H12N2.5CN.Fe/c9-6-7-10-8-4-2-1-3-5-8;5*1-2;/h1-5,10H,6-7,9H2;;;;;;. The van der Waals surface area contributed by atoms with Crippen LogP contribution in [0.2, 0.25) is 0 Å². The van der Waals surface area contributed by atoms with E-state index in [1.807, 2.05) is 30.3 Å². The molecule has 0 spiro atoms. The van der Waals surface area contributed by atoms with E-state index in [-0.39, 0.29) is 0 Å². The molecule has 0 saturated heterocycles. The largest absolute Gasteiger partial charge is 0.384 e. The maximum absolute atomic E-state index is 8.35. The second-order valence-electron chi connectivity index (χ2n) is 3.36. The summed E-state index contributed by atoms with van der Waals surface area (Å²) in [6.07, 6.45) is 0. The van der Waals surface area contributed by atoms with Gasteiger partial charge >= 0.3 is 62.9 Å². The Labute approximate surface area is 123 Å². The number of anilines is 1. The summed E-state index contributed by atoms with van der Waals surface area (Å²) in [4.78, 5) is 6.12. The molecule has 0 aliphatic heterocycles. The van der Waals surface area contributed by atoms with Gasteiger partial charge in [-0.2, -0.15) is 0 Å². The van der Waals surface area contributed by atoms with E-state index >= 15 is 0 Å². The summed E-state index contributed by atoms with van der Waals surface area (Å²) in [5, 5.41) is 44.9. The van der Waals surface area contributed by atoms with Crippen LogP contribution < -0.4 is 11.1 Å². The van der Waals surface area contributed by atoms with Gasteiger partial charge in [0.1, 0.15) is 0 Å². The van der Waals surface area contributed by atoms with Crippen molar-refractivity contribution in [2.45, 2.75) is 0 Å². The van der Waals surface area contributed by atoms with Crippen molar-refractivity contribution in [2.75, 3.05) is 18.4 Å². The van der Waals surface area contributed by atoms with Crippen LogP contribution in [0, 0.1) is 51.1 Å². The van der Waals surface area contributed by atoms with Crippen molar-refractivity contribution in [3.63, 3.8) is 0 Å². The van der Waals surface area contributed by atoms with Crippen LogP contribution in [0.3, 0.4) is 0 Å². The van der Waals surface area contributed by atoms with Crippen LogP contribution in [0.4, 0.5) is 5.69 Å². The van der Waals surface area contributed by atoms with Crippen molar-refractivity contribution < 1.29 is 11.8 Å². The van der Waals surface area contributed by atoms with Crippen molar-refractivity contribution in [3.8, 4) is 24.8 Å². The molecule has 21 heavy (non-hydrogen) atoms. The molecule has 0 saturated carbocycles. The maximum atomic E-state index is 8.35. The summed E-state index contributed by atoms with van der Waals surface area (Å²) in [6, 6.07) is 10.0. The number of benzene rings is 1. The molecule has 107 valence electrons. The summed E-state index contributed by atoms with van der Waals surface area (Å²) >= 11 is -4.78. The topological polar surface area (TPSA) is 157 Å². The van der Waals surface area contributed by atoms with Crippen LogP contribution in [0.1, 0.15) is 0 Å². The second-order valence-corrected chi connectivity index (χ2v) is 7.36. The van der Waals surface area contributed by atoms with Crippen LogP contribution in [0.25, 0.3) is 0 Å². The average molecular weight is 322 g/mol. The minimum absolute atomic E-state index is 0.675. The first-order chi connectivity index (χ1) is 10.0. The molecule has 0 radical (unpaired) electrons. The van der Waals surface area contributed by atoms with Gasteiger partial charge in [0, 0.05) is 18.8 Å². The third-order valence-corrected chi connectivity index (χ3v) is 4.51. The third-order valence-electron chi connectivity index (χ3n) is 2.04. The molecule has 0 unspecified atom stereocenters. The van der Waals surface area contributed by atoms with Gasteiger partial charge in [-0.3, -0.25) is 0 Å². The van der Waals surface area contributed by atoms with Gasteiger partial charge in [0.25, 0.3) is 0 Å². The van der Waals surface area contributed by atoms with E-state index in [2.05, 4.69) is 5.32 Å². The summed E-state index contributed by atoms with van der Waals surface area (Å²) < 4.78 is 0. The monoisotopic (exact) mass is 322 g/mol. The molecule has 1 aromatic carbocycles. The molecule has 0 aromatic heterocycles. The van der Waals surface area contributed by atoms with Crippen molar-refractivity contribution in [2.24, 2.45) is 5.73 Å². The predicted octanol–water partition coefficient (Wildman–Crippen LogP) is 1.14. The number of nitrogens with one attached hydrogen (secondary N) is 1. The number of nitrogens with two attached hydrogens (primary N) is 1. The summed E-state index contributed by atoms with van der Waals surface area (Å²) in [7, 11) is 0. The zero-order chi connectivity index (χ0) is 16.2. The van der Waals surface area contributed by atoms with Gasteiger partial charge < -0.3 is 11.1 Å². The van der Waals surface area contributed by atoms with Crippen molar-refractivity contribution in [1.29, 1.82) is 26.3 Å². The predicted molar refractivity (Wildman–Crippen MR) is 72.1 cm³/mol. The van der Waals surface area contributed by atoms with Crippen LogP contribution in [0.5, 0.6) is 0 Å². The Balaban J connectivity index is 0.000000382. The van der Waals surface area contributed by atoms with Crippen LogP contribution in [-0.2, 0) is 11.8 Å². The van der Waals surface area contributed by atoms with E-state index < -0.39 is 11.8 Å². The van der Waals surface area contributed by atoms with Crippen molar-refractivity contribution >= 4 is 5.69 Å². The van der Waals surface area contributed by atoms with Gasteiger partial charge in [0.15, 0.2) is 0 Å². The molecule has 3 N–H and O–H groups in total. The van der Waals surface area contributed by atoms with Crippen LogP contribution in [-0.4, -0.2) is 13.1 Å². The normalized spacial score (nSPS) is 10.4. The Kier molecular flexibility index (Phi) is 7.00. The zero-order valence-electron chi connectivity index (χ0n) is 11.0. The summed E-state index contributed by atoms with van der Waals surface area (Å²) in [5.41, 5.74) is 6.45. The molecule has 1 aromatic rings. The number of hydrogen-bond donors (Lipinski definition) is 2. The van der Waals surface area contributed by atoms with E-state index in [0.717, 1.165) is 12.2 Å². The van der Waals surface area contributed by atoms with E-state index in [0.29, 0.717) is 6.54 Å². The molecule has 1 rings (SSSR count). The van der Waals surface area contributed by atoms with Gasteiger partial charge in [-0.05, 0) is 12.1 Å².